The van der Waals surface area contributed by atoms with Crippen molar-refractivity contribution in [2.24, 2.45) is 5.92 Å². The van der Waals surface area contributed by atoms with E-state index >= 15 is 0 Å². The number of ketones is 1. The number of benzene rings is 2. The molecule has 0 aliphatic carbocycles. The molecule has 3 N–H and O–H groups in total. The molecule has 36 heavy (non-hydrogen) atoms. The molecular weight excluding hydrogens is 466 g/mol. The van der Waals surface area contributed by atoms with Crippen LogP contribution in [0.5, 0.6) is 11.5 Å². The lowest BCUT2D eigenvalue weighted by molar-refractivity contribution is -0.140. The molecule has 10 heteroatoms. The van der Waals surface area contributed by atoms with E-state index in [1.54, 1.807) is 38.5 Å². The van der Waals surface area contributed by atoms with Crippen molar-refractivity contribution < 1.29 is 29.0 Å². The first kappa shape index (κ1) is 26.1. The van der Waals surface area contributed by atoms with E-state index in [-0.39, 0.29) is 30.3 Å². The molecule has 1 atom stereocenters. The number of carbonyl (C=O) groups is 3. The fourth-order valence-corrected chi connectivity index (χ4v) is 3.52. The molecule has 0 spiro atoms. The van der Waals surface area contributed by atoms with Gasteiger partial charge >= 0.3 is 5.97 Å². The lowest BCUT2D eigenvalue weighted by atomic mass is 9.86. The highest BCUT2D eigenvalue weighted by Crippen LogP contribution is 2.31. The number of rotatable bonds is 11. The minimum Gasteiger partial charge on any atom is -0.497 e. The molecule has 3 rings (SSSR count). The maximum absolute atomic E-state index is 13.2. The highest BCUT2D eigenvalue weighted by Gasteiger charge is 2.23. The number of aromatic amines is 1. The molecule has 2 aromatic carbocycles. The lowest BCUT2D eigenvalue weighted by Crippen LogP contribution is -2.34. The molecule has 10 nitrogen and oxygen atoms in total. The van der Waals surface area contributed by atoms with Gasteiger partial charge in [-0.3, -0.25) is 19.2 Å². The van der Waals surface area contributed by atoms with Crippen molar-refractivity contribution in [1.82, 2.24) is 15.3 Å². The third kappa shape index (κ3) is 6.35. The first-order chi connectivity index (χ1) is 17.2. The SMILES string of the molecule is COc1ccc(C(CC(=O)c2cnc(C(=O)NC[C@H](C)C(=O)O)[nH]c2=O)c2ccc(OC)cc2)cc1. The molecule has 0 aliphatic heterocycles. The van der Waals surface area contributed by atoms with Crippen LogP contribution < -0.4 is 20.3 Å². The summed E-state index contributed by atoms with van der Waals surface area (Å²) in [5.74, 6) is -2.41. The van der Waals surface area contributed by atoms with Gasteiger partial charge in [0.2, 0.25) is 0 Å². The molecule has 1 heterocycles. The number of aromatic nitrogens is 2. The van der Waals surface area contributed by atoms with Crippen molar-refractivity contribution >= 4 is 17.7 Å². The Morgan fingerprint density at radius 2 is 1.50 bits per heavy atom. The van der Waals surface area contributed by atoms with Gasteiger partial charge in [-0.1, -0.05) is 31.2 Å². The van der Waals surface area contributed by atoms with Crippen LogP contribution in [-0.2, 0) is 4.79 Å². The van der Waals surface area contributed by atoms with E-state index in [2.05, 4.69) is 15.3 Å². The Kier molecular flexibility index (Phi) is 8.56. The Bertz CT molecular complexity index is 1240. The van der Waals surface area contributed by atoms with Gasteiger partial charge in [0.05, 0.1) is 20.1 Å². The van der Waals surface area contributed by atoms with Crippen molar-refractivity contribution in [2.75, 3.05) is 20.8 Å². The number of amides is 1. The van der Waals surface area contributed by atoms with Crippen LogP contribution in [0.4, 0.5) is 0 Å². The van der Waals surface area contributed by atoms with Crippen molar-refractivity contribution in [3.8, 4) is 11.5 Å². The highest BCUT2D eigenvalue weighted by atomic mass is 16.5. The summed E-state index contributed by atoms with van der Waals surface area (Å²) in [7, 11) is 3.13. The molecule has 0 saturated heterocycles. The third-order valence-corrected chi connectivity index (χ3v) is 5.73. The quantitative estimate of drug-likeness (QED) is 0.345. The first-order valence-corrected chi connectivity index (χ1v) is 11.1. The van der Waals surface area contributed by atoms with Gasteiger partial charge < -0.3 is 24.9 Å². The largest absolute Gasteiger partial charge is 0.497 e. The Morgan fingerprint density at radius 1 is 0.972 bits per heavy atom. The summed E-state index contributed by atoms with van der Waals surface area (Å²) >= 11 is 0. The molecule has 1 amide bonds. The second-order valence-electron chi connectivity index (χ2n) is 8.15. The molecule has 188 valence electrons. The maximum Gasteiger partial charge on any atom is 0.308 e. The van der Waals surface area contributed by atoms with Crippen molar-refractivity contribution in [1.29, 1.82) is 0 Å². The number of aliphatic carboxylic acids is 1. The van der Waals surface area contributed by atoms with Crippen LogP contribution in [0.3, 0.4) is 0 Å². The zero-order valence-corrected chi connectivity index (χ0v) is 20.1. The molecule has 0 unspecified atom stereocenters. The molecule has 0 saturated carbocycles. The Labute approximate surface area is 207 Å². The molecule has 0 fully saturated rings. The molecule has 3 aromatic rings. The lowest BCUT2D eigenvalue weighted by Gasteiger charge is -2.18. The van der Waals surface area contributed by atoms with Crippen LogP contribution in [0, 0.1) is 5.92 Å². The van der Waals surface area contributed by atoms with E-state index in [1.165, 1.54) is 6.92 Å². The van der Waals surface area contributed by atoms with E-state index in [9.17, 15) is 19.2 Å². The average molecular weight is 494 g/mol. The molecule has 0 radical (unpaired) electrons. The molecule has 0 aliphatic rings. The molecular formula is C26H27N3O7. The monoisotopic (exact) mass is 493 g/mol. The summed E-state index contributed by atoms with van der Waals surface area (Å²) in [6, 6.07) is 14.6. The summed E-state index contributed by atoms with van der Waals surface area (Å²) in [6.45, 7) is 1.30. The normalized spacial score (nSPS) is 11.6. The maximum atomic E-state index is 13.2. The minimum atomic E-state index is -1.07. The van der Waals surface area contributed by atoms with Gasteiger partial charge in [0.15, 0.2) is 11.6 Å². The zero-order valence-electron chi connectivity index (χ0n) is 20.1. The minimum absolute atomic E-state index is 0.0227. The fraction of sp³-hybridized carbons (Fsp3) is 0.269. The van der Waals surface area contributed by atoms with Gasteiger partial charge in [-0.25, -0.2) is 4.98 Å². The number of carboxylic acids is 1. The average Bonchev–Trinajstić information content (AvgIpc) is 2.90. The fourth-order valence-electron chi connectivity index (χ4n) is 3.52. The number of nitrogens with zero attached hydrogens (tertiary/aromatic N) is 1. The van der Waals surface area contributed by atoms with Crippen LogP contribution in [0.1, 0.15) is 51.4 Å². The number of Topliss-reactive ketones (excluding diaryl/α,β-unsaturated/α-hetero) is 1. The standard InChI is InChI=1S/C26H27N3O7/c1-15(26(33)34)13-28-25(32)23-27-14-21(24(31)29-23)22(30)12-20(16-4-8-18(35-2)9-5-16)17-6-10-19(36-3)11-7-17/h4-11,14-15,20H,12-13H2,1-3H3,(H,28,32)(H,33,34)(H,27,29,31)/t15-/m0/s1. The zero-order chi connectivity index (χ0) is 26.2. The second-order valence-corrected chi connectivity index (χ2v) is 8.15. The summed E-state index contributed by atoms with van der Waals surface area (Å²) < 4.78 is 10.4. The number of carboxylic acid groups (broad SMARTS) is 1. The van der Waals surface area contributed by atoms with Crippen LogP contribution >= 0.6 is 0 Å². The summed E-state index contributed by atoms with van der Waals surface area (Å²) in [5.41, 5.74) is 0.761. The van der Waals surface area contributed by atoms with Crippen LogP contribution in [0.2, 0.25) is 0 Å². The Hall–Kier alpha value is -4.47. The van der Waals surface area contributed by atoms with Crippen molar-refractivity contribution in [2.45, 2.75) is 19.3 Å². The smallest absolute Gasteiger partial charge is 0.308 e. The van der Waals surface area contributed by atoms with E-state index < -0.39 is 29.1 Å². The van der Waals surface area contributed by atoms with Gasteiger partial charge in [0.1, 0.15) is 17.1 Å². The number of carbonyl (C=O) groups excluding carboxylic acids is 2. The van der Waals surface area contributed by atoms with E-state index in [0.29, 0.717) is 11.5 Å². The summed E-state index contributed by atoms with van der Waals surface area (Å²) in [5, 5.41) is 11.3. The summed E-state index contributed by atoms with van der Waals surface area (Å²) in [6.07, 6.45) is 1.04. The van der Waals surface area contributed by atoms with Gasteiger partial charge in [-0.05, 0) is 35.4 Å². The third-order valence-electron chi connectivity index (χ3n) is 5.73. The van der Waals surface area contributed by atoms with Crippen molar-refractivity contribution in [3.05, 3.63) is 87.6 Å². The Morgan fingerprint density at radius 3 is 1.94 bits per heavy atom. The van der Waals surface area contributed by atoms with E-state index in [1.807, 2.05) is 24.3 Å². The number of methoxy groups -OCH3 is 2. The van der Waals surface area contributed by atoms with Gasteiger partial charge in [-0.2, -0.15) is 0 Å². The predicted octanol–water partition coefficient (Wildman–Crippen LogP) is 2.64. The first-order valence-electron chi connectivity index (χ1n) is 11.1. The topological polar surface area (TPSA) is 148 Å². The van der Waals surface area contributed by atoms with Crippen molar-refractivity contribution in [3.63, 3.8) is 0 Å². The number of hydrogen-bond acceptors (Lipinski definition) is 7. The number of nitrogens with one attached hydrogen (secondary N) is 2. The highest BCUT2D eigenvalue weighted by molar-refractivity contribution is 5.97. The van der Waals surface area contributed by atoms with Crippen LogP contribution in [0.25, 0.3) is 0 Å². The van der Waals surface area contributed by atoms with Gasteiger partial charge in [0.25, 0.3) is 11.5 Å². The Balaban J connectivity index is 1.83. The van der Waals surface area contributed by atoms with Crippen LogP contribution in [0.15, 0.2) is 59.5 Å². The van der Waals surface area contributed by atoms with E-state index in [0.717, 1.165) is 17.3 Å². The predicted molar refractivity (Wildman–Crippen MR) is 131 cm³/mol. The molecule has 1 aromatic heterocycles. The van der Waals surface area contributed by atoms with Gasteiger partial charge in [-0.15, -0.1) is 0 Å². The molecule has 0 bridgehead atoms. The number of H-pyrrole nitrogens is 1. The van der Waals surface area contributed by atoms with Gasteiger partial charge in [0, 0.05) is 25.1 Å². The van der Waals surface area contributed by atoms with Crippen LogP contribution in [-0.4, -0.2) is 53.5 Å². The summed E-state index contributed by atoms with van der Waals surface area (Å²) in [4.78, 5) is 55.1. The van der Waals surface area contributed by atoms with E-state index in [4.69, 9.17) is 14.6 Å². The number of ether oxygens (including phenoxy) is 2. The number of hydrogen-bond donors (Lipinski definition) is 3. The second kappa shape index (κ2) is 11.8.